The van der Waals surface area contributed by atoms with E-state index >= 15 is 0 Å². The summed E-state index contributed by atoms with van der Waals surface area (Å²) in [5, 5.41) is 3.53. The molecule has 1 aromatic carbocycles. The monoisotopic (exact) mass is 273 g/mol. The third-order valence-electron chi connectivity index (χ3n) is 3.59. The Morgan fingerprint density at radius 3 is 2.80 bits per heavy atom. The number of aromatic nitrogens is 2. The van der Waals surface area contributed by atoms with Crippen molar-refractivity contribution in [1.82, 2.24) is 14.9 Å². The quantitative estimate of drug-likeness (QED) is 0.879. The number of hydrogen-bond donors (Lipinski definition) is 1. The molecule has 20 heavy (non-hydrogen) atoms. The minimum atomic E-state index is 0.246. The molecule has 2 rings (SSSR count). The van der Waals surface area contributed by atoms with Crippen molar-refractivity contribution in [2.24, 2.45) is 7.05 Å². The number of nitrogens with one attached hydrogen (secondary N) is 1. The van der Waals surface area contributed by atoms with Crippen LogP contribution in [-0.4, -0.2) is 23.2 Å². The second-order valence-electron chi connectivity index (χ2n) is 5.00. The number of ether oxygens (including phenoxy) is 1. The molecule has 108 valence electrons. The lowest BCUT2D eigenvalue weighted by Crippen LogP contribution is -2.24. The average Bonchev–Trinajstić information content (AvgIpc) is 2.84. The molecule has 4 nitrogen and oxygen atoms in total. The van der Waals surface area contributed by atoms with Gasteiger partial charge in [-0.15, -0.1) is 0 Å². The van der Waals surface area contributed by atoms with E-state index in [4.69, 9.17) is 4.74 Å². The van der Waals surface area contributed by atoms with Crippen molar-refractivity contribution in [1.29, 1.82) is 0 Å². The van der Waals surface area contributed by atoms with Gasteiger partial charge in [0, 0.05) is 31.9 Å². The zero-order valence-corrected chi connectivity index (χ0v) is 12.7. The van der Waals surface area contributed by atoms with Gasteiger partial charge in [0.1, 0.15) is 11.6 Å². The van der Waals surface area contributed by atoms with Gasteiger partial charge >= 0.3 is 0 Å². The maximum atomic E-state index is 5.42. The lowest BCUT2D eigenvalue weighted by molar-refractivity contribution is 0.409. The lowest BCUT2D eigenvalue weighted by Gasteiger charge is -2.19. The van der Waals surface area contributed by atoms with Crippen LogP contribution in [0, 0.1) is 6.92 Å². The third-order valence-corrected chi connectivity index (χ3v) is 3.59. The number of methoxy groups -OCH3 is 1. The van der Waals surface area contributed by atoms with Gasteiger partial charge in [-0.25, -0.2) is 4.98 Å². The molecular weight excluding hydrogens is 250 g/mol. The van der Waals surface area contributed by atoms with E-state index in [1.807, 2.05) is 19.4 Å². The Labute approximate surface area is 120 Å². The molecule has 0 saturated heterocycles. The van der Waals surface area contributed by atoms with Gasteiger partial charge in [-0.3, -0.25) is 0 Å². The van der Waals surface area contributed by atoms with Crippen LogP contribution < -0.4 is 10.1 Å². The molecule has 0 amide bonds. The molecule has 4 heteroatoms. The Morgan fingerprint density at radius 1 is 1.40 bits per heavy atom. The molecule has 0 aliphatic carbocycles. The molecule has 1 unspecified atom stereocenters. The van der Waals surface area contributed by atoms with Crippen molar-refractivity contribution >= 4 is 0 Å². The smallest absolute Gasteiger partial charge is 0.122 e. The van der Waals surface area contributed by atoms with E-state index in [1.54, 1.807) is 7.11 Å². The predicted molar refractivity (Wildman–Crippen MR) is 81.1 cm³/mol. The minimum Gasteiger partial charge on any atom is -0.496 e. The highest BCUT2D eigenvalue weighted by atomic mass is 16.5. The van der Waals surface area contributed by atoms with Crippen LogP contribution in [0.25, 0.3) is 0 Å². The van der Waals surface area contributed by atoms with E-state index in [0.29, 0.717) is 0 Å². The highest BCUT2D eigenvalue weighted by molar-refractivity contribution is 5.38. The van der Waals surface area contributed by atoms with Crippen LogP contribution >= 0.6 is 0 Å². The molecular formula is C16H23N3O. The van der Waals surface area contributed by atoms with Crippen molar-refractivity contribution in [3.05, 3.63) is 47.5 Å². The Balaban J connectivity index is 2.26. The SMILES string of the molecule is CCNC(Cc1nccn1C)c1ccc(C)c(OC)c1. The molecule has 0 aliphatic heterocycles. The fraction of sp³-hybridized carbons (Fsp3) is 0.438. The van der Waals surface area contributed by atoms with Crippen molar-refractivity contribution in [3.63, 3.8) is 0 Å². The van der Waals surface area contributed by atoms with Crippen LogP contribution in [0.3, 0.4) is 0 Å². The van der Waals surface area contributed by atoms with E-state index in [9.17, 15) is 0 Å². The van der Waals surface area contributed by atoms with Gasteiger partial charge in [0.25, 0.3) is 0 Å². The number of imidazole rings is 1. The van der Waals surface area contributed by atoms with Crippen LogP contribution in [0.15, 0.2) is 30.6 Å². The molecule has 0 bridgehead atoms. The zero-order valence-electron chi connectivity index (χ0n) is 12.7. The summed E-state index contributed by atoms with van der Waals surface area (Å²) in [4.78, 5) is 4.42. The van der Waals surface area contributed by atoms with Crippen molar-refractivity contribution in [2.45, 2.75) is 26.3 Å². The zero-order chi connectivity index (χ0) is 14.5. The maximum absolute atomic E-state index is 5.42. The summed E-state index contributed by atoms with van der Waals surface area (Å²) < 4.78 is 7.49. The van der Waals surface area contributed by atoms with Gasteiger partial charge in [0.2, 0.25) is 0 Å². The van der Waals surface area contributed by atoms with E-state index < -0.39 is 0 Å². The Kier molecular flexibility index (Phi) is 4.79. The average molecular weight is 273 g/mol. The van der Waals surface area contributed by atoms with Crippen molar-refractivity contribution < 1.29 is 4.74 Å². The summed E-state index contributed by atoms with van der Waals surface area (Å²) in [5.41, 5.74) is 2.39. The van der Waals surface area contributed by atoms with Gasteiger partial charge in [-0.05, 0) is 30.7 Å². The minimum absolute atomic E-state index is 0.246. The number of likely N-dealkylation sites (N-methyl/N-ethyl adjacent to an activating group) is 1. The Bertz CT molecular complexity index is 563. The van der Waals surface area contributed by atoms with Gasteiger partial charge in [-0.2, -0.15) is 0 Å². The lowest BCUT2D eigenvalue weighted by atomic mass is 10.0. The largest absolute Gasteiger partial charge is 0.496 e. The van der Waals surface area contributed by atoms with Gasteiger partial charge in [0.05, 0.1) is 7.11 Å². The molecule has 0 spiro atoms. The molecule has 1 aromatic heterocycles. The number of aryl methyl sites for hydroxylation is 2. The number of nitrogens with zero attached hydrogens (tertiary/aromatic N) is 2. The van der Waals surface area contributed by atoms with Crippen molar-refractivity contribution in [3.8, 4) is 5.75 Å². The maximum Gasteiger partial charge on any atom is 0.122 e. The standard InChI is InChI=1S/C16H23N3O/c1-5-17-14(11-16-18-8-9-19(16)3)13-7-6-12(2)15(10-13)20-4/h6-10,14,17H,5,11H2,1-4H3. The van der Waals surface area contributed by atoms with Gasteiger partial charge < -0.3 is 14.6 Å². The number of benzene rings is 1. The molecule has 2 aromatic rings. The summed E-state index contributed by atoms with van der Waals surface area (Å²) in [5.74, 6) is 2.01. The van der Waals surface area contributed by atoms with E-state index in [2.05, 4.69) is 46.9 Å². The summed E-state index contributed by atoms with van der Waals surface area (Å²) in [6, 6.07) is 6.63. The normalized spacial score (nSPS) is 12.4. The molecule has 0 fully saturated rings. The topological polar surface area (TPSA) is 39.1 Å². The molecule has 0 saturated carbocycles. The molecule has 1 N–H and O–H groups in total. The molecule has 0 aliphatic rings. The van der Waals surface area contributed by atoms with Crippen LogP contribution in [0.2, 0.25) is 0 Å². The van der Waals surface area contributed by atoms with Crippen LogP contribution in [0.4, 0.5) is 0 Å². The van der Waals surface area contributed by atoms with Crippen LogP contribution in [0.5, 0.6) is 5.75 Å². The van der Waals surface area contributed by atoms with Gasteiger partial charge in [0.15, 0.2) is 0 Å². The predicted octanol–water partition coefficient (Wildman–Crippen LogP) is 2.63. The van der Waals surface area contributed by atoms with Gasteiger partial charge in [-0.1, -0.05) is 19.1 Å². The first-order chi connectivity index (χ1) is 9.65. The highest BCUT2D eigenvalue weighted by Crippen LogP contribution is 2.25. The summed E-state index contributed by atoms with van der Waals surface area (Å²) in [7, 11) is 3.74. The number of rotatable bonds is 6. The van der Waals surface area contributed by atoms with Crippen molar-refractivity contribution in [2.75, 3.05) is 13.7 Å². The van der Waals surface area contributed by atoms with E-state index in [1.165, 1.54) is 5.56 Å². The first-order valence-electron chi connectivity index (χ1n) is 6.99. The Hall–Kier alpha value is -1.81. The fourth-order valence-electron chi connectivity index (χ4n) is 2.38. The molecule has 0 radical (unpaired) electrons. The summed E-state index contributed by atoms with van der Waals surface area (Å²) in [6.07, 6.45) is 4.69. The second-order valence-corrected chi connectivity index (χ2v) is 5.00. The summed E-state index contributed by atoms with van der Waals surface area (Å²) in [6.45, 7) is 5.10. The Morgan fingerprint density at radius 2 is 2.20 bits per heavy atom. The van der Waals surface area contributed by atoms with Crippen LogP contribution in [0.1, 0.15) is 29.9 Å². The first-order valence-corrected chi connectivity index (χ1v) is 6.99. The second kappa shape index (κ2) is 6.57. The highest BCUT2D eigenvalue weighted by Gasteiger charge is 2.15. The summed E-state index contributed by atoms with van der Waals surface area (Å²) >= 11 is 0. The molecule has 1 heterocycles. The van der Waals surface area contributed by atoms with E-state index in [0.717, 1.165) is 30.1 Å². The first kappa shape index (κ1) is 14.6. The number of hydrogen-bond acceptors (Lipinski definition) is 3. The molecule has 1 atom stereocenters. The third kappa shape index (κ3) is 3.20. The fourth-order valence-corrected chi connectivity index (χ4v) is 2.38. The van der Waals surface area contributed by atoms with E-state index in [-0.39, 0.29) is 6.04 Å². The van der Waals surface area contributed by atoms with Crippen LogP contribution in [-0.2, 0) is 13.5 Å².